The molecule has 0 unspecified atom stereocenters. The third-order valence-electron chi connectivity index (χ3n) is 4.04. The number of nitrogens with zero attached hydrogens (tertiary/aromatic N) is 2. The Bertz CT molecular complexity index is 503. The van der Waals surface area contributed by atoms with Gasteiger partial charge in [-0.1, -0.05) is 12.2 Å². The van der Waals surface area contributed by atoms with Crippen molar-refractivity contribution in [1.82, 2.24) is 14.9 Å². The number of nitrogens with one attached hydrogen (secondary N) is 1. The summed E-state index contributed by atoms with van der Waals surface area (Å²) in [4.78, 5) is 16.5. The maximum absolute atomic E-state index is 12.0. The van der Waals surface area contributed by atoms with Crippen molar-refractivity contribution in [2.45, 2.75) is 51.6 Å². The molecule has 3 rings (SSSR count). The molecular formula is C15H21N3O. The van der Waals surface area contributed by atoms with Crippen LogP contribution in [0.2, 0.25) is 0 Å². The average Bonchev–Trinajstić information content (AvgIpc) is 2.96. The van der Waals surface area contributed by atoms with Gasteiger partial charge in [0.2, 0.25) is 5.91 Å². The standard InChI is InChI=1S/C15H21N3O/c1-11-9-18-10-13(6-7-14(18)16-11)17-15(19)8-12-4-2-3-5-12/h2,4,9,12-13H,3,5-8,10H2,1H3,(H,17,19)/t12-,13+/m1/s1. The van der Waals surface area contributed by atoms with Crippen molar-refractivity contribution in [3.63, 3.8) is 0 Å². The highest BCUT2D eigenvalue weighted by molar-refractivity contribution is 5.76. The van der Waals surface area contributed by atoms with Gasteiger partial charge in [-0.15, -0.1) is 0 Å². The molecule has 2 heterocycles. The Kier molecular flexibility index (Phi) is 3.40. The molecule has 4 nitrogen and oxygen atoms in total. The number of hydrogen-bond donors (Lipinski definition) is 1. The number of imidazole rings is 1. The molecule has 19 heavy (non-hydrogen) atoms. The van der Waals surface area contributed by atoms with Crippen LogP contribution < -0.4 is 5.32 Å². The Balaban J connectivity index is 1.53. The van der Waals surface area contributed by atoms with Crippen LogP contribution in [0.1, 0.15) is 37.2 Å². The minimum absolute atomic E-state index is 0.196. The van der Waals surface area contributed by atoms with E-state index in [1.165, 1.54) is 0 Å². The first kappa shape index (κ1) is 12.5. The van der Waals surface area contributed by atoms with Gasteiger partial charge in [0.15, 0.2) is 0 Å². The Labute approximate surface area is 113 Å². The molecule has 0 radical (unpaired) electrons. The molecule has 102 valence electrons. The monoisotopic (exact) mass is 259 g/mol. The largest absolute Gasteiger partial charge is 0.352 e. The lowest BCUT2D eigenvalue weighted by Crippen LogP contribution is -2.41. The first-order chi connectivity index (χ1) is 9.20. The number of fused-ring (bicyclic) bond motifs is 1. The van der Waals surface area contributed by atoms with E-state index in [9.17, 15) is 4.79 Å². The van der Waals surface area contributed by atoms with Crippen LogP contribution in [0.3, 0.4) is 0 Å². The van der Waals surface area contributed by atoms with Crippen LogP contribution in [0.15, 0.2) is 18.3 Å². The van der Waals surface area contributed by atoms with Crippen molar-refractivity contribution < 1.29 is 4.79 Å². The van der Waals surface area contributed by atoms with E-state index >= 15 is 0 Å². The SMILES string of the molecule is Cc1cn2c(n1)CC[C@H](NC(=O)C[C@@H]1C=CCC1)C2. The van der Waals surface area contributed by atoms with E-state index < -0.39 is 0 Å². The Morgan fingerprint density at radius 3 is 3.21 bits per heavy atom. The zero-order valence-electron chi connectivity index (χ0n) is 11.4. The summed E-state index contributed by atoms with van der Waals surface area (Å²) in [6.45, 7) is 2.88. The van der Waals surface area contributed by atoms with Gasteiger partial charge in [-0.05, 0) is 32.1 Å². The summed E-state index contributed by atoms with van der Waals surface area (Å²) in [7, 11) is 0. The lowest BCUT2D eigenvalue weighted by Gasteiger charge is -2.25. The van der Waals surface area contributed by atoms with Gasteiger partial charge >= 0.3 is 0 Å². The lowest BCUT2D eigenvalue weighted by molar-refractivity contribution is -0.122. The molecule has 4 heteroatoms. The highest BCUT2D eigenvalue weighted by atomic mass is 16.1. The van der Waals surface area contributed by atoms with Crippen LogP contribution >= 0.6 is 0 Å². The van der Waals surface area contributed by atoms with Gasteiger partial charge in [-0.2, -0.15) is 0 Å². The zero-order chi connectivity index (χ0) is 13.2. The van der Waals surface area contributed by atoms with Gasteiger partial charge in [0.05, 0.1) is 5.69 Å². The molecule has 2 aliphatic rings. The van der Waals surface area contributed by atoms with E-state index in [-0.39, 0.29) is 11.9 Å². The van der Waals surface area contributed by atoms with Crippen molar-refractivity contribution in [2.24, 2.45) is 5.92 Å². The molecule has 0 aromatic carbocycles. The quantitative estimate of drug-likeness (QED) is 0.844. The number of amides is 1. The number of allylic oxidation sites excluding steroid dienone is 2. The average molecular weight is 259 g/mol. The van der Waals surface area contributed by atoms with Crippen molar-refractivity contribution in [2.75, 3.05) is 0 Å². The fraction of sp³-hybridized carbons (Fsp3) is 0.600. The second-order valence-corrected chi connectivity index (χ2v) is 5.72. The summed E-state index contributed by atoms with van der Waals surface area (Å²) < 4.78 is 2.18. The maximum Gasteiger partial charge on any atom is 0.220 e. The topological polar surface area (TPSA) is 46.9 Å². The third-order valence-corrected chi connectivity index (χ3v) is 4.04. The molecule has 1 N–H and O–H groups in total. The molecular weight excluding hydrogens is 238 g/mol. The molecule has 0 fully saturated rings. The highest BCUT2D eigenvalue weighted by Gasteiger charge is 2.22. The number of carbonyl (C=O) groups is 1. The zero-order valence-corrected chi connectivity index (χ0v) is 11.4. The van der Waals surface area contributed by atoms with Crippen LogP contribution in [0.4, 0.5) is 0 Å². The van der Waals surface area contributed by atoms with Crippen LogP contribution in [0.25, 0.3) is 0 Å². The molecule has 0 saturated carbocycles. The number of aromatic nitrogens is 2. The van der Waals surface area contributed by atoms with Gasteiger partial charge < -0.3 is 9.88 Å². The third kappa shape index (κ3) is 2.88. The predicted octanol–water partition coefficient (Wildman–Crippen LogP) is 1.98. The smallest absolute Gasteiger partial charge is 0.220 e. The Hall–Kier alpha value is -1.58. The van der Waals surface area contributed by atoms with Crippen LogP contribution in [0.5, 0.6) is 0 Å². The second-order valence-electron chi connectivity index (χ2n) is 5.72. The Morgan fingerprint density at radius 2 is 2.42 bits per heavy atom. The number of aryl methyl sites for hydroxylation is 2. The van der Waals surface area contributed by atoms with E-state index in [2.05, 4.69) is 33.2 Å². The van der Waals surface area contributed by atoms with E-state index in [1.807, 2.05) is 6.92 Å². The van der Waals surface area contributed by atoms with Gasteiger partial charge in [-0.25, -0.2) is 4.98 Å². The molecule has 2 atom stereocenters. The van der Waals surface area contributed by atoms with E-state index in [0.29, 0.717) is 12.3 Å². The number of hydrogen-bond acceptors (Lipinski definition) is 2. The first-order valence-electron chi connectivity index (χ1n) is 7.19. The summed E-state index contributed by atoms with van der Waals surface area (Å²) in [5, 5.41) is 3.17. The Morgan fingerprint density at radius 1 is 1.53 bits per heavy atom. The fourth-order valence-corrected chi connectivity index (χ4v) is 3.09. The lowest BCUT2D eigenvalue weighted by atomic mass is 10.0. The summed E-state index contributed by atoms with van der Waals surface area (Å²) in [6.07, 6.45) is 11.3. The van der Waals surface area contributed by atoms with Crippen LogP contribution in [0, 0.1) is 12.8 Å². The number of carbonyl (C=O) groups excluding carboxylic acids is 1. The van der Waals surface area contributed by atoms with Crippen molar-refractivity contribution in [1.29, 1.82) is 0 Å². The molecule has 0 spiro atoms. The van der Waals surface area contributed by atoms with E-state index in [1.54, 1.807) is 0 Å². The van der Waals surface area contributed by atoms with Crippen molar-refractivity contribution in [3.8, 4) is 0 Å². The minimum Gasteiger partial charge on any atom is -0.352 e. The van der Waals surface area contributed by atoms with Crippen LogP contribution in [-0.4, -0.2) is 21.5 Å². The summed E-state index contributed by atoms with van der Waals surface area (Å²) in [5.41, 5.74) is 1.07. The molecule has 1 aromatic rings. The van der Waals surface area contributed by atoms with Gasteiger partial charge in [-0.3, -0.25) is 4.79 Å². The molecule has 1 aromatic heterocycles. The molecule has 0 bridgehead atoms. The van der Waals surface area contributed by atoms with Crippen LogP contribution in [-0.2, 0) is 17.8 Å². The molecule has 1 aliphatic carbocycles. The summed E-state index contributed by atoms with van der Waals surface area (Å²) in [5.74, 6) is 1.80. The van der Waals surface area contributed by atoms with E-state index in [0.717, 1.165) is 43.7 Å². The highest BCUT2D eigenvalue weighted by Crippen LogP contribution is 2.21. The van der Waals surface area contributed by atoms with Gasteiger partial charge in [0.25, 0.3) is 0 Å². The molecule has 0 saturated heterocycles. The van der Waals surface area contributed by atoms with E-state index in [4.69, 9.17) is 0 Å². The molecule has 1 aliphatic heterocycles. The summed E-state index contributed by atoms with van der Waals surface area (Å²) >= 11 is 0. The second kappa shape index (κ2) is 5.19. The normalized spacial score (nSPS) is 25.3. The number of rotatable bonds is 3. The summed E-state index contributed by atoms with van der Waals surface area (Å²) in [6, 6.07) is 0.263. The predicted molar refractivity (Wildman–Crippen MR) is 73.7 cm³/mol. The van der Waals surface area contributed by atoms with Crippen molar-refractivity contribution in [3.05, 3.63) is 29.9 Å². The van der Waals surface area contributed by atoms with Crippen molar-refractivity contribution >= 4 is 5.91 Å². The van der Waals surface area contributed by atoms with Gasteiger partial charge in [0, 0.05) is 31.6 Å². The minimum atomic E-state index is 0.196. The maximum atomic E-state index is 12.0. The first-order valence-corrected chi connectivity index (χ1v) is 7.19. The fourth-order valence-electron chi connectivity index (χ4n) is 3.09. The molecule has 1 amide bonds. The van der Waals surface area contributed by atoms with Gasteiger partial charge in [0.1, 0.15) is 5.82 Å².